The van der Waals surface area contributed by atoms with Gasteiger partial charge in [0.25, 0.3) is 11.8 Å². The molecule has 0 fully saturated rings. The van der Waals surface area contributed by atoms with E-state index in [-0.39, 0.29) is 35.3 Å². The minimum Gasteiger partial charge on any atom is -0.450 e. The monoisotopic (exact) mass is 470 g/mol. The summed E-state index contributed by atoms with van der Waals surface area (Å²) < 4.78 is 5.74. The van der Waals surface area contributed by atoms with Gasteiger partial charge in [0.1, 0.15) is 5.58 Å². The molecular weight excluding hydrogens is 444 g/mol. The van der Waals surface area contributed by atoms with Crippen molar-refractivity contribution in [1.29, 1.82) is 0 Å². The van der Waals surface area contributed by atoms with Crippen LogP contribution in [0.1, 0.15) is 27.2 Å². The number of hydrogen-bond donors (Lipinski definition) is 3. The van der Waals surface area contributed by atoms with E-state index in [2.05, 4.69) is 10.6 Å². The number of para-hydroxylation sites is 1. The summed E-state index contributed by atoms with van der Waals surface area (Å²) in [6.45, 7) is 1.75. The van der Waals surface area contributed by atoms with Gasteiger partial charge >= 0.3 is 0 Å². The van der Waals surface area contributed by atoms with Crippen LogP contribution < -0.4 is 16.1 Å². The summed E-state index contributed by atoms with van der Waals surface area (Å²) in [4.78, 5) is 38.7. The van der Waals surface area contributed by atoms with Crippen LogP contribution in [0.4, 0.5) is 0 Å². The molecule has 0 saturated carbocycles. The molecule has 35 heavy (non-hydrogen) atoms. The maximum atomic E-state index is 13.2. The van der Waals surface area contributed by atoms with Crippen molar-refractivity contribution in [3.63, 3.8) is 0 Å². The second kappa shape index (κ2) is 10.8. The molecule has 0 aliphatic rings. The number of aliphatic hydroxyl groups excluding tert-OH is 1. The first kappa shape index (κ1) is 23.9. The molecule has 0 saturated heterocycles. The predicted octanol–water partition coefficient (Wildman–Crippen LogP) is 3.12. The summed E-state index contributed by atoms with van der Waals surface area (Å²) in [6.07, 6.45) is -1.33. The Hall–Kier alpha value is -4.23. The third-order valence-corrected chi connectivity index (χ3v) is 5.81. The van der Waals surface area contributed by atoms with E-state index < -0.39 is 24.0 Å². The second-order valence-electron chi connectivity index (χ2n) is 8.30. The molecule has 1 heterocycles. The van der Waals surface area contributed by atoms with Gasteiger partial charge in [-0.2, -0.15) is 0 Å². The van der Waals surface area contributed by atoms with Crippen LogP contribution in [0.25, 0.3) is 11.0 Å². The molecule has 178 valence electrons. The van der Waals surface area contributed by atoms with Gasteiger partial charge in [-0.15, -0.1) is 0 Å². The van der Waals surface area contributed by atoms with Gasteiger partial charge in [-0.1, -0.05) is 72.8 Å². The zero-order chi connectivity index (χ0) is 24.8. The average molecular weight is 471 g/mol. The van der Waals surface area contributed by atoms with E-state index in [1.165, 1.54) is 6.92 Å². The van der Waals surface area contributed by atoms with Crippen molar-refractivity contribution >= 4 is 22.8 Å². The first-order valence-electron chi connectivity index (χ1n) is 11.3. The third kappa shape index (κ3) is 5.65. The Bertz CT molecular complexity index is 1380. The first-order valence-corrected chi connectivity index (χ1v) is 11.3. The lowest BCUT2D eigenvalue weighted by molar-refractivity contribution is -0.130. The van der Waals surface area contributed by atoms with Crippen LogP contribution in [-0.2, 0) is 17.8 Å². The van der Waals surface area contributed by atoms with Gasteiger partial charge in [0.05, 0.1) is 11.4 Å². The van der Waals surface area contributed by atoms with Crippen molar-refractivity contribution in [3.05, 3.63) is 118 Å². The van der Waals surface area contributed by atoms with E-state index in [1.54, 1.807) is 24.3 Å². The quantitative estimate of drug-likeness (QED) is 0.367. The summed E-state index contributed by atoms with van der Waals surface area (Å²) in [5.74, 6) is -1.45. The maximum absolute atomic E-state index is 13.2. The number of hydrogen-bond acceptors (Lipinski definition) is 5. The highest BCUT2D eigenvalue weighted by Gasteiger charge is 2.30. The molecule has 2 atom stereocenters. The highest BCUT2D eigenvalue weighted by atomic mass is 16.3. The molecule has 3 N–H and O–H groups in total. The number of carbonyl (C=O) groups is 2. The number of aliphatic hydroxyl groups is 1. The van der Waals surface area contributed by atoms with Crippen LogP contribution in [0, 0.1) is 6.92 Å². The van der Waals surface area contributed by atoms with Crippen LogP contribution in [0.5, 0.6) is 0 Å². The normalized spacial score (nSPS) is 12.6. The Balaban J connectivity index is 1.57. The molecule has 0 spiro atoms. The van der Waals surface area contributed by atoms with E-state index >= 15 is 0 Å². The Morgan fingerprint density at radius 3 is 2.17 bits per heavy atom. The Labute approximate surface area is 202 Å². The number of rotatable bonds is 8. The largest absolute Gasteiger partial charge is 0.450 e. The predicted molar refractivity (Wildman–Crippen MR) is 133 cm³/mol. The molecule has 0 aliphatic heterocycles. The zero-order valence-electron chi connectivity index (χ0n) is 19.2. The molecule has 1 aromatic heterocycles. The number of carbonyl (C=O) groups excluding carboxylic acids is 2. The van der Waals surface area contributed by atoms with Crippen molar-refractivity contribution in [2.24, 2.45) is 0 Å². The molecule has 7 heteroatoms. The fraction of sp³-hybridized carbons (Fsp3) is 0.179. The van der Waals surface area contributed by atoms with Crippen molar-refractivity contribution in [2.75, 3.05) is 0 Å². The van der Waals surface area contributed by atoms with Crippen molar-refractivity contribution in [3.8, 4) is 0 Å². The van der Waals surface area contributed by atoms with Crippen LogP contribution >= 0.6 is 0 Å². The van der Waals surface area contributed by atoms with Crippen LogP contribution in [0.3, 0.4) is 0 Å². The Morgan fingerprint density at radius 1 is 0.886 bits per heavy atom. The first-order chi connectivity index (χ1) is 16.9. The van der Waals surface area contributed by atoms with E-state index in [9.17, 15) is 19.5 Å². The van der Waals surface area contributed by atoms with Gasteiger partial charge in [-0.05, 0) is 36.6 Å². The van der Waals surface area contributed by atoms with Crippen LogP contribution in [-0.4, -0.2) is 29.1 Å². The summed E-state index contributed by atoms with van der Waals surface area (Å²) in [5, 5.41) is 16.7. The molecule has 0 bridgehead atoms. The number of benzene rings is 3. The summed E-state index contributed by atoms with van der Waals surface area (Å²) in [7, 11) is 0. The lowest BCUT2D eigenvalue weighted by atomic mass is 10.00. The van der Waals surface area contributed by atoms with Gasteiger partial charge in [0.15, 0.2) is 17.3 Å². The number of nitrogens with one attached hydrogen (secondary N) is 2. The second-order valence-corrected chi connectivity index (χ2v) is 8.30. The van der Waals surface area contributed by atoms with Crippen molar-refractivity contribution < 1.29 is 19.1 Å². The minimum absolute atomic E-state index is 0.149. The lowest BCUT2D eigenvalue weighted by Crippen LogP contribution is -2.51. The highest BCUT2D eigenvalue weighted by Crippen LogP contribution is 2.16. The molecular formula is C28H26N2O5. The van der Waals surface area contributed by atoms with E-state index in [4.69, 9.17) is 4.42 Å². The van der Waals surface area contributed by atoms with E-state index in [0.717, 1.165) is 11.1 Å². The molecule has 0 radical (unpaired) electrons. The van der Waals surface area contributed by atoms with Gasteiger partial charge < -0.3 is 20.2 Å². The topological polar surface area (TPSA) is 109 Å². The highest BCUT2D eigenvalue weighted by molar-refractivity contribution is 5.95. The summed E-state index contributed by atoms with van der Waals surface area (Å²) in [5.41, 5.74) is 1.84. The van der Waals surface area contributed by atoms with Gasteiger partial charge in [0, 0.05) is 12.1 Å². The Kier molecular flexibility index (Phi) is 7.38. The summed E-state index contributed by atoms with van der Waals surface area (Å²) in [6, 6.07) is 24.2. The van der Waals surface area contributed by atoms with Gasteiger partial charge in [0.2, 0.25) is 0 Å². The number of amides is 2. The van der Waals surface area contributed by atoms with Crippen molar-refractivity contribution in [1.82, 2.24) is 10.6 Å². The van der Waals surface area contributed by atoms with Crippen LogP contribution in [0.15, 0.2) is 94.1 Å². The fourth-order valence-electron chi connectivity index (χ4n) is 3.87. The average Bonchev–Trinajstić information content (AvgIpc) is 2.89. The standard InChI is InChI=1S/C28H26N2O5/c1-18-24(31)21-14-8-9-15-23(21)35-26(18)28(34)30-22(16-19-10-4-2-5-11-19)25(32)27(33)29-17-20-12-6-3-7-13-20/h2-15,22,25,32H,16-17H2,1H3,(H,29,33)(H,30,34)/t22-,25+/m0/s1. The minimum atomic E-state index is -1.53. The Morgan fingerprint density at radius 2 is 1.49 bits per heavy atom. The molecule has 7 nitrogen and oxygen atoms in total. The molecule has 4 aromatic rings. The molecule has 3 aromatic carbocycles. The summed E-state index contributed by atoms with van der Waals surface area (Å²) >= 11 is 0. The molecule has 4 rings (SSSR count). The lowest BCUT2D eigenvalue weighted by Gasteiger charge is -2.24. The van der Waals surface area contributed by atoms with Gasteiger partial charge in [-0.25, -0.2) is 0 Å². The molecule has 2 amide bonds. The molecule has 0 unspecified atom stereocenters. The third-order valence-electron chi connectivity index (χ3n) is 5.81. The fourth-order valence-corrected chi connectivity index (χ4v) is 3.87. The SMILES string of the molecule is Cc1c(C(=O)N[C@@H](Cc2ccccc2)[C@@H](O)C(=O)NCc2ccccc2)oc2ccccc2c1=O. The van der Waals surface area contributed by atoms with Gasteiger partial charge in [-0.3, -0.25) is 14.4 Å². The maximum Gasteiger partial charge on any atom is 0.287 e. The van der Waals surface area contributed by atoms with E-state index in [1.807, 2.05) is 60.7 Å². The smallest absolute Gasteiger partial charge is 0.287 e. The zero-order valence-corrected chi connectivity index (χ0v) is 19.2. The van der Waals surface area contributed by atoms with Crippen LogP contribution in [0.2, 0.25) is 0 Å². The molecule has 0 aliphatic carbocycles. The van der Waals surface area contributed by atoms with E-state index in [0.29, 0.717) is 5.39 Å². The number of fused-ring (bicyclic) bond motifs is 1. The van der Waals surface area contributed by atoms with Crippen molar-refractivity contribution in [2.45, 2.75) is 32.0 Å².